The van der Waals surface area contributed by atoms with E-state index in [0.29, 0.717) is 6.04 Å². The Morgan fingerprint density at radius 1 is 1.59 bits per heavy atom. The first-order valence-electron chi connectivity index (χ1n) is 6.13. The predicted octanol–water partition coefficient (Wildman–Crippen LogP) is 1.18. The molecule has 1 unspecified atom stereocenters. The number of nitrogens with zero attached hydrogens (tertiary/aromatic N) is 2. The number of nitrogens with one attached hydrogen (secondary N) is 1. The van der Waals surface area contributed by atoms with Crippen molar-refractivity contribution in [2.24, 2.45) is 0 Å². The molecule has 1 N–H and O–H groups in total. The number of carbonyl (C=O) groups is 1. The van der Waals surface area contributed by atoms with Gasteiger partial charge in [-0.2, -0.15) is 0 Å². The van der Waals surface area contributed by atoms with Crippen molar-refractivity contribution in [3.05, 3.63) is 30.1 Å². The van der Waals surface area contributed by atoms with Crippen LogP contribution in [0.25, 0.3) is 0 Å². The van der Waals surface area contributed by atoms with Crippen LogP contribution in [0.3, 0.4) is 0 Å². The number of likely N-dealkylation sites (tertiary alicyclic amines) is 1. The van der Waals surface area contributed by atoms with Crippen LogP contribution in [0.15, 0.2) is 24.4 Å². The van der Waals surface area contributed by atoms with Crippen molar-refractivity contribution in [3.63, 3.8) is 0 Å². The minimum absolute atomic E-state index is 0.0645. The molecule has 0 spiro atoms. The van der Waals surface area contributed by atoms with E-state index in [1.807, 2.05) is 24.4 Å². The van der Waals surface area contributed by atoms with E-state index in [1.54, 1.807) is 6.92 Å². The maximum absolute atomic E-state index is 11.0. The highest BCUT2D eigenvalue weighted by atomic mass is 16.1. The van der Waals surface area contributed by atoms with E-state index in [0.717, 1.165) is 38.2 Å². The van der Waals surface area contributed by atoms with Crippen LogP contribution in [0.2, 0.25) is 0 Å². The summed E-state index contributed by atoms with van der Waals surface area (Å²) >= 11 is 0. The monoisotopic (exact) mass is 233 g/mol. The fraction of sp³-hybridized carbons (Fsp3) is 0.538. The van der Waals surface area contributed by atoms with Crippen molar-refractivity contribution < 1.29 is 4.79 Å². The van der Waals surface area contributed by atoms with Crippen LogP contribution in [-0.2, 0) is 11.3 Å². The van der Waals surface area contributed by atoms with Crippen molar-refractivity contribution in [1.82, 2.24) is 15.2 Å². The lowest BCUT2D eigenvalue weighted by atomic mass is 10.1. The van der Waals surface area contributed by atoms with E-state index in [4.69, 9.17) is 0 Å². The summed E-state index contributed by atoms with van der Waals surface area (Å²) in [6.07, 6.45) is 4.04. The number of hydrogen-bond acceptors (Lipinski definition) is 3. The van der Waals surface area contributed by atoms with Gasteiger partial charge in [0.2, 0.25) is 5.91 Å². The highest BCUT2D eigenvalue weighted by molar-refractivity contribution is 5.73. The quantitative estimate of drug-likeness (QED) is 0.852. The average molecular weight is 233 g/mol. The molecular weight excluding hydrogens is 214 g/mol. The van der Waals surface area contributed by atoms with Crippen molar-refractivity contribution in [2.75, 3.05) is 13.1 Å². The smallest absolute Gasteiger partial charge is 0.217 e. The standard InChI is InChI=1S/C13H19N3O/c1-11(17)15-13-6-4-8-16(10-13)9-12-5-2-3-7-14-12/h2-3,5,7,13H,4,6,8-10H2,1H3,(H,15,17). The molecule has 1 saturated heterocycles. The minimum atomic E-state index is 0.0645. The molecule has 1 atom stereocenters. The van der Waals surface area contributed by atoms with Crippen molar-refractivity contribution in [2.45, 2.75) is 32.4 Å². The van der Waals surface area contributed by atoms with Crippen molar-refractivity contribution >= 4 is 5.91 Å². The van der Waals surface area contributed by atoms with Crippen LogP contribution in [0, 0.1) is 0 Å². The fourth-order valence-corrected chi connectivity index (χ4v) is 2.33. The Bertz CT molecular complexity index is 366. The van der Waals surface area contributed by atoms with Gasteiger partial charge < -0.3 is 5.32 Å². The summed E-state index contributed by atoms with van der Waals surface area (Å²) < 4.78 is 0. The molecule has 0 radical (unpaired) electrons. The van der Waals surface area contributed by atoms with Crippen LogP contribution in [0.5, 0.6) is 0 Å². The fourth-order valence-electron chi connectivity index (χ4n) is 2.33. The number of rotatable bonds is 3. The molecule has 1 fully saturated rings. The zero-order chi connectivity index (χ0) is 12.1. The van der Waals surface area contributed by atoms with E-state index in [9.17, 15) is 4.79 Å². The molecule has 92 valence electrons. The third-order valence-electron chi connectivity index (χ3n) is 3.02. The van der Waals surface area contributed by atoms with Gasteiger partial charge in [-0.05, 0) is 31.5 Å². The third kappa shape index (κ3) is 3.82. The highest BCUT2D eigenvalue weighted by Crippen LogP contribution is 2.12. The molecule has 0 saturated carbocycles. The Hall–Kier alpha value is -1.42. The molecule has 0 bridgehead atoms. The second-order valence-corrected chi connectivity index (χ2v) is 4.60. The first-order chi connectivity index (χ1) is 8.24. The molecule has 1 aromatic rings. The van der Waals surface area contributed by atoms with Gasteiger partial charge in [0.25, 0.3) is 0 Å². The highest BCUT2D eigenvalue weighted by Gasteiger charge is 2.20. The summed E-state index contributed by atoms with van der Waals surface area (Å²) in [7, 11) is 0. The summed E-state index contributed by atoms with van der Waals surface area (Å²) in [5.74, 6) is 0.0645. The Kier molecular flexibility index (Phi) is 4.09. The molecule has 0 aromatic carbocycles. The van der Waals surface area contributed by atoms with Gasteiger partial charge in [0.1, 0.15) is 0 Å². The molecule has 4 nitrogen and oxygen atoms in total. The van der Waals surface area contributed by atoms with Crippen LogP contribution >= 0.6 is 0 Å². The van der Waals surface area contributed by atoms with Gasteiger partial charge >= 0.3 is 0 Å². The van der Waals surface area contributed by atoms with Gasteiger partial charge in [0.05, 0.1) is 5.69 Å². The molecule has 1 aliphatic heterocycles. The normalized spacial score (nSPS) is 21.1. The molecule has 1 aliphatic rings. The Morgan fingerprint density at radius 2 is 2.47 bits per heavy atom. The zero-order valence-electron chi connectivity index (χ0n) is 10.2. The van der Waals surface area contributed by atoms with E-state index in [2.05, 4.69) is 15.2 Å². The van der Waals surface area contributed by atoms with Crippen LogP contribution in [0.1, 0.15) is 25.5 Å². The van der Waals surface area contributed by atoms with Gasteiger partial charge in [0, 0.05) is 32.3 Å². The van der Waals surface area contributed by atoms with Gasteiger partial charge in [-0.3, -0.25) is 14.7 Å². The number of pyridine rings is 1. The maximum Gasteiger partial charge on any atom is 0.217 e. The number of carbonyl (C=O) groups excluding carboxylic acids is 1. The van der Waals surface area contributed by atoms with Crippen LogP contribution in [-0.4, -0.2) is 34.9 Å². The first-order valence-corrected chi connectivity index (χ1v) is 6.13. The summed E-state index contributed by atoms with van der Waals surface area (Å²) in [6.45, 7) is 4.47. The largest absolute Gasteiger partial charge is 0.352 e. The van der Waals surface area contributed by atoms with Gasteiger partial charge in [-0.25, -0.2) is 0 Å². The van der Waals surface area contributed by atoms with E-state index >= 15 is 0 Å². The topological polar surface area (TPSA) is 45.2 Å². The minimum Gasteiger partial charge on any atom is -0.352 e. The SMILES string of the molecule is CC(=O)NC1CCCN(Cc2ccccn2)C1. The van der Waals surface area contributed by atoms with E-state index in [-0.39, 0.29) is 5.91 Å². The van der Waals surface area contributed by atoms with Gasteiger partial charge in [0.15, 0.2) is 0 Å². The molecule has 0 aliphatic carbocycles. The van der Waals surface area contributed by atoms with Gasteiger partial charge in [-0.15, -0.1) is 0 Å². The number of hydrogen-bond donors (Lipinski definition) is 1. The Labute approximate surface area is 102 Å². The molecule has 1 amide bonds. The molecule has 2 rings (SSSR count). The number of amides is 1. The third-order valence-corrected chi connectivity index (χ3v) is 3.02. The summed E-state index contributed by atoms with van der Waals surface area (Å²) in [5, 5.41) is 3.00. The van der Waals surface area contributed by atoms with E-state index in [1.165, 1.54) is 0 Å². The van der Waals surface area contributed by atoms with Gasteiger partial charge in [-0.1, -0.05) is 6.07 Å². The van der Waals surface area contributed by atoms with E-state index < -0.39 is 0 Å². The lowest BCUT2D eigenvalue weighted by molar-refractivity contribution is -0.120. The first kappa shape index (κ1) is 12.0. The Balaban J connectivity index is 1.87. The molecule has 17 heavy (non-hydrogen) atoms. The second-order valence-electron chi connectivity index (χ2n) is 4.60. The molecule has 2 heterocycles. The summed E-state index contributed by atoms with van der Waals surface area (Å²) in [4.78, 5) is 17.7. The number of piperidine rings is 1. The zero-order valence-corrected chi connectivity index (χ0v) is 10.2. The molecular formula is C13H19N3O. The second kappa shape index (κ2) is 5.77. The van der Waals surface area contributed by atoms with Crippen LogP contribution < -0.4 is 5.32 Å². The summed E-state index contributed by atoms with van der Waals surface area (Å²) in [6, 6.07) is 6.28. The average Bonchev–Trinajstić information content (AvgIpc) is 2.30. The van der Waals surface area contributed by atoms with Crippen molar-refractivity contribution in [1.29, 1.82) is 0 Å². The molecule has 1 aromatic heterocycles. The molecule has 4 heteroatoms. The Morgan fingerprint density at radius 3 is 3.18 bits per heavy atom. The lowest BCUT2D eigenvalue weighted by Crippen LogP contribution is -2.46. The van der Waals surface area contributed by atoms with Crippen molar-refractivity contribution in [3.8, 4) is 0 Å². The predicted molar refractivity (Wildman–Crippen MR) is 66.4 cm³/mol. The number of aromatic nitrogens is 1. The van der Waals surface area contributed by atoms with Crippen LogP contribution in [0.4, 0.5) is 0 Å². The summed E-state index contributed by atoms with van der Waals surface area (Å²) in [5.41, 5.74) is 1.09. The lowest BCUT2D eigenvalue weighted by Gasteiger charge is -2.32. The maximum atomic E-state index is 11.0.